The van der Waals surface area contributed by atoms with E-state index in [2.05, 4.69) is 17.1 Å². The van der Waals surface area contributed by atoms with Crippen LogP contribution < -0.4 is 0 Å². The van der Waals surface area contributed by atoms with Crippen LogP contribution in [0.5, 0.6) is 0 Å². The van der Waals surface area contributed by atoms with E-state index in [0.717, 1.165) is 12.8 Å². The molecule has 2 rings (SSSR count). The zero-order valence-corrected chi connectivity index (χ0v) is 10.5. The highest BCUT2D eigenvalue weighted by atomic mass is 19.1. The number of amides is 1. The van der Waals surface area contributed by atoms with Crippen molar-refractivity contribution in [3.63, 3.8) is 0 Å². The van der Waals surface area contributed by atoms with Gasteiger partial charge in [0.15, 0.2) is 5.69 Å². The molecule has 1 amide bonds. The normalized spacial score (nSPS) is 10.8. The number of fused-ring (bicyclic) bond motifs is 1. The highest BCUT2D eigenvalue weighted by Gasteiger charge is 2.18. The van der Waals surface area contributed by atoms with Gasteiger partial charge in [0, 0.05) is 19.0 Å². The molecule has 18 heavy (non-hydrogen) atoms. The lowest BCUT2D eigenvalue weighted by Crippen LogP contribution is -2.28. The average molecular weight is 249 g/mol. The van der Waals surface area contributed by atoms with Crippen molar-refractivity contribution in [3.05, 3.63) is 29.7 Å². The Hall–Kier alpha value is -1.91. The van der Waals surface area contributed by atoms with Crippen molar-refractivity contribution in [2.45, 2.75) is 19.8 Å². The van der Waals surface area contributed by atoms with Crippen molar-refractivity contribution in [2.24, 2.45) is 0 Å². The zero-order chi connectivity index (χ0) is 13.1. The topological polar surface area (TPSA) is 49.0 Å². The number of nitrogens with one attached hydrogen (secondary N) is 1. The number of aromatic amines is 1. The fourth-order valence-corrected chi connectivity index (χ4v) is 1.83. The van der Waals surface area contributed by atoms with Gasteiger partial charge in [-0.15, -0.1) is 0 Å². The van der Waals surface area contributed by atoms with E-state index < -0.39 is 0 Å². The van der Waals surface area contributed by atoms with E-state index >= 15 is 0 Å². The molecule has 1 aromatic heterocycles. The fourth-order valence-electron chi connectivity index (χ4n) is 1.83. The molecular formula is C13H16FN3O. The number of H-pyrrole nitrogens is 1. The molecule has 0 aliphatic heterocycles. The first kappa shape index (κ1) is 12.5. The third kappa shape index (κ3) is 2.34. The maximum absolute atomic E-state index is 13.2. The van der Waals surface area contributed by atoms with Gasteiger partial charge in [0.05, 0.1) is 5.52 Å². The standard InChI is InChI=1S/C13H16FN3O/c1-3-4-7-17(2)13(18)12-10-8-9(14)5-6-11(10)15-16-12/h5-6,8H,3-4,7H2,1-2H3,(H,15,16). The molecule has 0 bridgehead atoms. The first-order valence-electron chi connectivity index (χ1n) is 6.02. The number of benzene rings is 1. The summed E-state index contributed by atoms with van der Waals surface area (Å²) in [5.41, 5.74) is 0.951. The number of rotatable bonds is 4. The van der Waals surface area contributed by atoms with Crippen LogP contribution in [0.4, 0.5) is 4.39 Å². The molecule has 0 saturated carbocycles. The minimum atomic E-state index is -0.367. The van der Waals surface area contributed by atoms with Crippen LogP contribution in [0, 0.1) is 5.82 Å². The summed E-state index contributed by atoms with van der Waals surface area (Å²) in [6.45, 7) is 2.75. The van der Waals surface area contributed by atoms with E-state index in [9.17, 15) is 9.18 Å². The first-order valence-corrected chi connectivity index (χ1v) is 6.02. The summed E-state index contributed by atoms with van der Waals surface area (Å²) in [6.07, 6.45) is 1.96. The Balaban J connectivity index is 2.30. The molecule has 96 valence electrons. The quantitative estimate of drug-likeness (QED) is 0.905. The molecule has 1 heterocycles. The maximum atomic E-state index is 13.2. The van der Waals surface area contributed by atoms with Crippen molar-refractivity contribution >= 4 is 16.8 Å². The van der Waals surface area contributed by atoms with Gasteiger partial charge in [0.1, 0.15) is 5.82 Å². The van der Waals surface area contributed by atoms with Gasteiger partial charge >= 0.3 is 0 Å². The number of aromatic nitrogens is 2. The molecule has 0 spiro atoms. The Morgan fingerprint density at radius 1 is 1.50 bits per heavy atom. The molecule has 5 heteroatoms. The molecule has 0 radical (unpaired) electrons. The van der Waals surface area contributed by atoms with Crippen LogP contribution in [-0.4, -0.2) is 34.6 Å². The second-order valence-corrected chi connectivity index (χ2v) is 4.34. The number of hydrogen-bond donors (Lipinski definition) is 1. The van der Waals surface area contributed by atoms with E-state index in [1.807, 2.05) is 0 Å². The molecule has 0 fully saturated rings. The van der Waals surface area contributed by atoms with Crippen molar-refractivity contribution in [3.8, 4) is 0 Å². The molecule has 0 saturated heterocycles. The minimum absolute atomic E-state index is 0.180. The number of unbranched alkanes of at least 4 members (excludes halogenated alkanes) is 1. The monoisotopic (exact) mass is 249 g/mol. The predicted molar refractivity (Wildman–Crippen MR) is 67.9 cm³/mol. The molecule has 0 unspecified atom stereocenters. The van der Waals surface area contributed by atoms with E-state index in [-0.39, 0.29) is 17.4 Å². The molecule has 2 aromatic rings. The summed E-state index contributed by atoms with van der Waals surface area (Å²) >= 11 is 0. The van der Waals surface area contributed by atoms with E-state index in [1.165, 1.54) is 12.1 Å². The lowest BCUT2D eigenvalue weighted by Gasteiger charge is -2.15. The van der Waals surface area contributed by atoms with Gasteiger partial charge in [-0.2, -0.15) is 5.10 Å². The SMILES string of the molecule is CCCCN(C)C(=O)c1n[nH]c2ccc(F)cc12. The van der Waals surface area contributed by atoms with Crippen LogP contribution in [0.3, 0.4) is 0 Å². The molecule has 0 aliphatic rings. The van der Waals surface area contributed by atoms with Crippen LogP contribution in [0.15, 0.2) is 18.2 Å². The van der Waals surface area contributed by atoms with Crippen molar-refractivity contribution in [1.82, 2.24) is 15.1 Å². The predicted octanol–water partition coefficient (Wildman–Crippen LogP) is 2.57. The number of hydrogen-bond acceptors (Lipinski definition) is 2. The number of carbonyl (C=O) groups excluding carboxylic acids is 1. The van der Waals surface area contributed by atoms with Crippen molar-refractivity contribution in [2.75, 3.05) is 13.6 Å². The molecule has 1 N–H and O–H groups in total. The van der Waals surface area contributed by atoms with Crippen LogP contribution >= 0.6 is 0 Å². The van der Waals surface area contributed by atoms with E-state index in [0.29, 0.717) is 17.4 Å². The Kier molecular flexibility index (Phi) is 3.60. The molecule has 0 atom stereocenters. The molecular weight excluding hydrogens is 233 g/mol. The van der Waals surface area contributed by atoms with Crippen LogP contribution in [-0.2, 0) is 0 Å². The van der Waals surface area contributed by atoms with Crippen molar-refractivity contribution < 1.29 is 9.18 Å². The zero-order valence-electron chi connectivity index (χ0n) is 10.5. The Bertz CT molecular complexity index is 564. The van der Waals surface area contributed by atoms with E-state index in [1.54, 1.807) is 18.0 Å². The molecule has 4 nitrogen and oxygen atoms in total. The van der Waals surface area contributed by atoms with E-state index in [4.69, 9.17) is 0 Å². The van der Waals surface area contributed by atoms with Gasteiger partial charge in [-0.25, -0.2) is 4.39 Å². The van der Waals surface area contributed by atoms with Gasteiger partial charge in [-0.05, 0) is 24.6 Å². The summed E-state index contributed by atoms with van der Waals surface area (Å²) in [5.74, 6) is -0.547. The Labute approximate surface area is 105 Å². The summed E-state index contributed by atoms with van der Waals surface area (Å²) in [5, 5.41) is 7.26. The van der Waals surface area contributed by atoms with Crippen LogP contribution in [0.2, 0.25) is 0 Å². The van der Waals surface area contributed by atoms with Crippen LogP contribution in [0.1, 0.15) is 30.3 Å². The second kappa shape index (κ2) is 5.16. The third-order valence-corrected chi connectivity index (χ3v) is 2.92. The molecule has 1 aromatic carbocycles. The summed E-state index contributed by atoms with van der Waals surface area (Å²) < 4.78 is 13.2. The van der Waals surface area contributed by atoms with Gasteiger partial charge in [-0.3, -0.25) is 9.89 Å². The van der Waals surface area contributed by atoms with Gasteiger partial charge in [0.25, 0.3) is 5.91 Å². The second-order valence-electron chi connectivity index (χ2n) is 4.34. The average Bonchev–Trinajstić information content (AvgIpc) is 2.77. The highest BCUT2D eigenvalue weighted by molar-refractivity contribution is 6.04. The highest BCUT2D eigenvalue weighted by Crippen LogP contribution is 2.18. The third-order valence-electron chi connectivity index (χ3n) is 2.92. The lowest BCUT2D eigenvalue weighted by molar-refractivity contribution is 0.0789. The van der Waals surface area contributed by atoms with Gasteiger partial charge in [-0.1, -0.05) is 13.3 Å². The molecule has 0 aliphatic carbocycles. The summed E-state index contributed by atoms with van der Waals surface area (Å²) in [6, 6.07) is 4.26. The van der Waals surface area contributed by atoms with Gasteiger partial charge < -0.3 is 4.90 Å². The number of nitrogens with zero attached hydrogens (tertiary/aromatic N) is 2. The van der Waals surface area contributed by atoms with Gasteiger partial charge in [0.2, 0.25) is 0 Å². The smallest absolute Gasteiger partial charge is 0.274 e. The largest absolute Gasteiger partial charge is 0.340 e. The Morgan fingerprint density at radius 2 is 2.28 bits per heavy atom. The maximum Gasteiger partial charge on any atom is 0.274 e. The summed E-state index contributed by atoms with van der Waals surface area (Å²) in [7, 11) is 1.73. The number of carbonyl (C=O) groups is 1. The lowest BCUT2D eigenvalue weighted by atomic mass is 10.2. The van der Waals surface area contributed by atoms with Crippen molar-refractivity contribution in [1.29, 1.82) is 0 Å². The fraction of sp³-hybridized carbons (Fsp3) is 0.385. The minimum Gasteiger partial charge on any atom is -0.340 e. The summed E-state index contributed by atoms with van der Waals surface area (Å²) in [4.78, 5) is 13.8. The Morgan fingerprint density at radius 3 is 3.00 bits per heavy atom. The van der Waals surface area contributed by atoms with Crippen LogP contribution in [0.25, 0.3) is 10.9 Å². The first-order chi connectivity index (χ1) is 8.63. The number of halogens is 1.